The Morgan fingerprint density at radius 2 is 1.23 bits per heavy atom. The number of carbonyl (C=O) groups excluding carboxylic acids is 3. The molecular formula is C43H55NO9S2Si. The molecule has 13 heteroatoms. The Morgan fingerprint density at radius 1 is 0.768 bits per heavy atom. The van der Waals surface area contributed by atoms with Crippen LogP contribution < -0.4 is 4.72 Å². The van der Waals surface area contributed by atoms with E-state index in [9.17, 15) is 18.9 Å². The third-order valence-corrected chi connectivity index (χ3v) is 17.7. The Kier molecular flexibility index (Phi) is 14.7. The minimum absolute atomic E-state index is 0.00433. The van der Waals surface area contributed by atoms with Crippen molar-refractivity contribution in [2.24, 2.45) is 5.92 Å². The highest BCUT2D eigenvalue weighted by Gasteiger charge is 2.56. The van der Waals surface area contributed by atoms with Crippen molar-refractivity contribution in [3.05, 3.63) is 120 Å². The number of thioether (sulfide) groups is 1. The number of esters is 3. The molecule has 10 nitrogen and oxygen atoms in total. The molecule has 1 saturated heterocycles. The van der Waals surface area contributed by atoms with E-state index in [4.69, 9.17) is 23.4 Å². The normalized spacial score (nSPS) is 25.1. The number of fused-ring (bicyclic) bond motifs is 2. The standard InChI is InChI=1S/C43H55NO9S2Si/c1-42(2,3)55(48)44-33-26-18-19-29(27-49-56(7,8)43(4,5)6)28-54-41-37(52-40(47)32-24-16-11-17-25-32)36(51-39(46)31-22-14-10-15-23-31)35(34(33)53-41)50-38(45)30-20-12-9-13-21-30/h9-25,29,33-37,41,44H,26-28H2,1-8H3/t29?,33-,34?,35?,36?,37?,41?,55-/m1/s1. The predicted octanol–water partition coefficient (Wildman–Crippen LogP) is 8.14. The molecule has 1 N–H and O–H groups in total. The lowest BCUT2D eigenvalue weighted by atomic mass is 9.92. The van der Waals surface area contributed by atoms with Crippen molar-refractivity contribution < 1.29 is 42.3 Å². The van der Waals surface area contributed by atoms with Crippen molar-refractivity contribution in [1.29, 1.82) is 0 Å². The van der Waals surface area contributed by atoms with Crippen molar-refractivity contribution in [2.45, 2.75) is 107 Å². The summed E-state index contributed by atoms with van der Waals surface area (Å²) in [6.07, 6.45) is -0.422. The smallest absolute Gasteiger partial charge is 0.338 e. The lowest BCUT2D eigenvalue weighted by Crippen LogP contribution is -2.66. The van der Waals surface area contributed by atoms with Gasteiger partial charge in [0.15, 0.2) is 26.6 Å². The molecule has 5 rings (SSSR count). The summed E-state index contributed by atoms with van der Waals surface area (Å²) in [7, 11) is -2.11. The van der Waals surface area contributed by atoms with E-state index in [-0.39, 0.29) is 27.6 Å². The molecule has 1 fully saturated rings. The molecule has 0 radical (unpaired) electrons. The van der Waals surface area contributed by atoms with Crippen LogP contribution in [0.25, 0.3) is 0 Å². The number of rotatable bonds is 11. The fourth-order valence-electron chi connectivity index (χ4n) is 5.88. The summed E-state index contributed by atoms with van der Waals surface area (Å²) in [6, 6.07) is 24.7. The number of nitrogens with one attached hydrogen (secondary N) is 1. The summed E-state index contributed by atoms with van der Waals surface area (Å²) in [5.74, 6) is -1.60. The van der Waals surface area contributed by atoms with Crippen LogP contribution in [0.3, 0.4) is 0 Å². The van der Waals surface area contributed by atoms with Crippen LogP contribution in [0.15, 0.2) is 103 Å². The lowest BCUT2D eigenvalue weighted by Gasteiger charge is -2.47. The Balaban J connectivity index is 1.62. The van der Waals surface area contributed by atoms with Gasteiger partial charge in [0.2, 0.25) is 0 Å². The highest BCUT2D eigenvalue weighted by atomic mass is 32.2. The number of carbonyl (C=O) groups is 3. The molecular weight excluding hydrogens is 767 g/mol. The average molecular weight is 822 g/mol. The van der Waals surface area contributed by atoms with Gasteiger partial charge in [0, 0.05) is 29.6 Å². The Hall–Kier alpha value is -3.43. The van der Waals surface area contributed by atoms with Crippen molar-refractivity contribution >= 4 is 49.3 Å². The Morgan fingerprint density at radius 3 is 1.70 bits per heavy atom. The molecule has 8 atom stereocenters. The first-order chi connectivity index (χ1) is 26.4. The predicted molar refractivity (Wildman–Crippen MR) is 223 cm³/mol. The van der Waals surface area contributed by atoms with E-state index < -0.39 is 78.2 Å². The van der Waals surface area contributed by atoms with E-state index >= 15 is 0 Å². The monoisotopic (exact) mass is 821 g/mol. The highest BCUT2D eigenvalue weighted by Crippen LogP contribution is 2.40. The maximum atomic E-state index is 14.0. The van der Waals surface area contributed by atoms with Gasteiger partial charge in [0.25, 0.3) is 0 Å². The average Bonchev–Trinajstić information content (AvgIpc) is 3.16. The summed E-state index contributed by atoms with van der Waals surface area (Å²) < 4.78 is 48.9. The van der Waals surface area contributed by atoms with Gasteiger partial charge in [-0.15, -0.1) is 16.5 Å². The zero-order valence-corrected chi connectivity index (χ0v) is 36.1. The van der Waals surface area contributed by atoms with Crippen LogP contribution in [0, 0.1) is 5.92 Å². The molecule has 3 aromatic rings. The maximum absolute atomic E-state index is 14.0. The zero-order valence-electron chi connectivity index (χ0n) is 33.5. The number of hydrogen-bond acceptors (Lipinski definition) is 11. The largest absolute Gasteiger partial charge is 0.598 e. The first-order valence-corrected chi connectivity index (χ1v) is 24.1. The van der Waals surface area contributed by atoms with Crippen LogP contribution in [0.2, 0.25) is 18.1 Å². The third-order valence-electron chi connectivity index (χ3n) is 10.2. The van der Waals surface area contributed by atoms with Crippen LogP contribution in [0.1, 0.15) is 79.0 Å². The summed E-state index contributed by atoms with van der Waals surface area (Å²) in [6.45, 7) is 17.0. The van der Waals surface area contributed by atoms with Gasteiger partial charge in [-0.05, 0) is 81.7 Å². The molecule has 0 aliphatic carbocycles. The lowest BCUT2D eigenvalue weighted by molar-refractivity contribution is -0.205. The third kappa shape index (κ3) is 11.4. The molecule has 0 spiro atoms. The molecule has 3 aromatic carbocycles. The first-order valence-electron chi connectivity index (χ1n) is 19.0. The molecule has 2 bridgehead atoms. The summed E-state index contributed by atoms with van der Waals surface area (Å²) >= 11 is -0.177. The van der Waals surface area contributed by atoms with Crippen molar-refractivity contribution in [3.8, 4) is 0 Å². The van der Waals surface area contributed by atoms with Gasteiger partial charge < -0.3 is 27.9 Å². The fourth-order valence-corrected chi connectivity index (χ4v) is 9.05. The minimum atomic E-state index is -2.11. The Labute approximate surface area is 339 Å². The van der Waals surface area contributed by atoms with Gasteiger partial charge >= 0.3 is 17.9 Å². The first kappa shape index (κ1) is 43.7. The summed E-state index contributed by atoms with van der Waals surface area (Å²) in [5.41, 5.74) is -0.0881. The van der Waals surface area contributed by atoms with Crippen molar-refractivity contribution in [2.75, 3.05) is 12.4 Å². The second kappa shape index (κ2) is 18.9. The molecule has 2 aliphatic heterocycles. The molecule has 2 heterocycles. The van der Waals surface area contributed by atoms with E-state index in [1.54, 1.807) is 91.0 Å². The van der Waals surface area contributed by atoms with Gasteiger partial charge in [-0.2, -0.15) is 0 Å². The SMILES string of the molecule is CC(C)(C)[S@@+]([O-])N[C@@H]1CC=CC(CO[Si](C)(C)C(C)(C)C)CSC2OC1C(OC(=O)c1ccccc1)C(OC(=O)c1ccccc1)C2OC(=O)c1ccccc1. The van der Waals surface area contributed by atoms with Crippen LogP contribution in [-0.2, 0) is 34.7 Å². The van der Waals surface area contributed by atoms with E-state index in [2.05, 4.69) is 44.7 Å². The summed E-state index contributed by atoms with van der Waals surface area (Å²) in [5, 5.41) is 0.00433. The van der Waals surface area contributed by atoms with Gasteiger partial charge in [0.1, 0.15) is 16.3 Å². The topological polar surface area (TPSA) is 132 Å². The maximum Gasteiger partial charge on any atom is 0.338 e. The Bertz CT molecular complexity index is 1780. The molecule has 302 valence electrons. The van der Waals surface area contributed by atoms with E-state index in [0.29, 0.717) is 18.8 Å². The van der Waals surface area contributed by atoms with Crippen LogP contribution in [0.5, 0.6) is 0 Å². The molecule has 0 aromatic heterocycles. The van der Waals surface area contributed by atoms with Gasteiger partial charge in [-0.3, -0.25) is 0 Å². The molecule has 0 saturated carbocycles. The van der Waals surface area contributed by atoms with Crippen LogP contribution >= 0.6 is 11.8 Å². The van der Waals surface area contributed by atoms with Crippen molar-refractivity contribution in [3.63, 3.8) is 0 Å². The number of ether oxygens (including phenoxy) is 4. The van der Waals surface area contributed by atoms with Crippen LogP contribution in [-0.4, -0.2) is 83.8 Å². The van der Waals surface area contributed by atoms with Crippen molar-refractivity contribution in [1.82, 2.24) is 4.72 Å². The second-order valence-electron chi connectivity index (χ2n) is 16.6. The van der Waals surface area contributed by atoms with Gasteiger partial charge in [0.05, 0.1) is 22.7 Å². The zero-order chi connectivity index (χ0) is 40.7. The molecule has 0 amide bonds. The number of hydrogen-bond donors (Lipinski definition) is 1. The van der Waals surface area contributed by atoms with E-state index in [1.807, 2.05) is 26.8 Å². The van der Waals surface area contributed by atoms with Gasteiger partial charge in [-0.1, -0.05) is 87.5 Å². The molecule has 6 unspecified atom stereocenters. The fraction of sp³-hybridized carbons (Fsp3) is 0.465. The van der Waals surface area contributed by atoms with E-state index in [1.165, 1.54) is 11.8 Å². The minimum Gasteiger partial charge on any atom is -0.598 e. The van der Waals surface area contributed by atoms with Gasteiger partial charge in [-0.25, -0.2) is 14.4 Å². The molecule has 56 heavy (non-hydrogen) atoms. The van der Waals surface area contributed by atoms with Crippen LogP contribution in [0.4, 0.5) is 0 Å². The highest BCUT2D eigenvalue weighted by molar-refractivity contribution is 7.99. The second-order valence-corrected chi connectivity index (χ2v) is 24.5. The van der Waals surface area contributed by atoms with E-state index in [0.717, 1.165) is 0 Å². The molecule has 2 aliphatic rings. The quantitative estimate of drug-likeness (QED) is 0.0661. The number of benzene rings is 3. The summed E-state index contributed by atoms with van der Waals surface area (Å²) in [4.78, 5) is 41.8.